The fourth-order valence-electron chi connectivity index (χ4n) is 1.54. The Morgan fingerprint density at radius 3 is 1.46 bits per heavy atom. The van der Waals surface area contributed by atoms with Crippen molar-refractivity contribution in [2.75, 3.05) is 26.2 Å². The van der Waals surface area contributed by atoms with E-state index < -0.39 is 75.1 Å². The zero-order chi connectivity index (χ0) is 20.5. The fraction of sp³-hybridized carbons (Fsp3) is 0.667. The van der Waals surface area contributed by atoms with Gasteiger partial charge < -0.3 is 20.6 Å². The smallest absolute Gasteiger partial charge is 0.471 e. The van der Waals surface area contributed by atoms with Gasteiger partial charge in [-0.1, -0.05) is 0 Å². The molecule has 0 aromatic carbocycles. The van der Waals surface area contributed by atoms with Crippen LogP contribution in [0.15, 0.2) is 0 Å². The highest BCUT2D eigenvalue weighted by Crippen LogP contribution is 2.14. The van der Waals surface area contributed by atoms with Gasteiger partial charge in [0.05, 0.1) is 6.42 Å². The van der Waals surface area contributed by atoms with E-state index in [0.29, 0.717) is 0 Å². The molecule has 0 aromatic heterocycles. The van der Waals surface area contributed by atoms with Crippen molar-refractivity contribution in [2.45, 2.75) is 25.2 Å². The molecule has 0 aliphatic carbocycles. The SMILES string of the molecule is O=C(O)CCC(=O)N(CCNC(=O)C(F)(F)F)CCNC(=O)C(F)(F)F. The van der Waals surface area contributed by atoms with Gasteiger partial charge in [-0.25, -0.2) is 0 Å². The van der Waals surface area contributed by atoms with Crippen LogP contribution in [-0.4, -0.2) is 72.2 Å². The molecule has 0 spiro atoms. The van der Waals surface area contributed by atoms with Gasteiger partial charge in [-0.3, -0.25) is 19.2 Å². The van der Waals surface area contributed by atoms with E-state index in [9.17, 15) is 45.5 Å². The van der Waals surface area contributed by atoms with Crippen LogP contribution in [0.25, 0.3) is 0 Å². The first-order valence-corrected chi connectivity index (χ1v) is 6.94. The Kier molecular flexibility index (Phi) is 8.86. The van der Waals surface area contributed by atoms with Crippen LogP contribution in [0, 0.1) is 0 Å². The van der Waals surface area contributed by atoms with Crippen LogP contribution in [0.5, 0.6) is 0 Å². The Balaban J connectivity index is 4.64. The molecule has 0 aliphatic heterocycles. The maximum Gasteiger partial charge on any atom is 0.471 e. The molecule has 8 nitrogen and oxygen atoms in total. The first-order chi connectivity index (χ1) is 11.7. The van der Waals surface area contributed by atoms with Gasteiger partial charge in [-0.2, -0.15) is 26.3 Å². The van der Waals surface area contributed by atoms with Crippen molar-refractivity contribution in [1.82, 2.24) is 15.5 Å². The second-order valence-electron chi connectivity index (χ2n) is 4.78. The van der Waals surface area contributed by atoms with Gasteiger partial charge in [-0.05, 0) is 0 Å². The van der Waals surface area contributed by atoms with Crippen molar-refractivity contribution in [3.8, 4) is 0 Å². The van der Waals surface area contributed by atoms with Gasteiger partial charge >= 0.3 is 30.1 Å². The predicted octanol–water partition coefficient (Wildman–Crippen LogP) is 0.0368. The molecule has 0 unspecified atom stereocenters. The fourth-order valence-corrected chi connectivity index (χ4v) is 1.54. The van der Waals surface area contributed by atoms with E-state index in [2.05, 4.69) is 0 Å². The standard InChI is InChI=1S/C12H15F6N3O5/c13-11(14,15)9(25)19-3-5-21(7(22)1-2-8(23)24)6-4-20-10(26)12(16,17)18/h1-6H2,(H,19,25)(H,20,26)(H,23,24). The maximum atomic E-state index is 12.0. The van der Waals surface area contributed by atoms with Crippen molar-refractivity contribution in [1.29, 1.82) is 0 Å². The van der Waals surface area contributed by atoms with Crippen LogP contribution < -0.4 is 10.6 Å². The number of rotatable bonds is 9. The number of aliphatic carboxylic acids is 1. The third-order valence-corrected chi connectivity index (χ3v) is 2.75. The summed E-state index contributed by atoms with van der Waals surface area (Å²) in [6.45, 7) is -2.40. The lowest BCUT2D eigenvalue weighted by Crippen LogP contribution is -2.46. The second kappa shape index (κ2) is 9.82. The zero-order valence-electron chi connectivity index (χ0n) is 13.0. The lowest BCUT2D eigenvalue weighted by Gasteiger charge is -2.23. The van der Waals surface area contributed by atoms with Crippen molar-refractivity contribution in [2.24, 2.45) is 0 Å². The number of hydrogen-bond acceptors (Lipinski definition) is 4. The lowest BCUT2D eigenvalue weighted by atomic mass is 10.2. The summed E-state index contributed by atoms with van der Waals surface area (Å²) in [6, 6.07) is 0. The summed E-state index contributed by atoms with van der Waals surface area (Å²) in [5.41, 5.74) is 0. The van der Waals surface area contributed by atoms with Crippen LogP contribution in [0.3, 0.4) is 0 Å². The monoisotopic (exact) mass is 395 g/mol. The van der Waals surface area contributed by atoms with Gasteiger partial charge in [0.25, 0.3) is 0 Å². The summed E-state index contributed by atoms with van der Waals surface area (Å²) in [5, 5.41) is 11.4. The van der Waals surface area contributed by atoms with Crippen molar-refractivity contribution in [3.63, 3.8) is 0 Å². The number of nitrogens with one attached hydrogen (secondary N) is 2. The number of hydrogen-bond donors (Lipinski definition) is 3. The number of carboxylic acids is 1. The van der Waals surface area contributed by atoms with Crippen molar-refractivity contribution < 1.29 is 50.6 Å². The molecule has 150 valence electrons. The Morgan fingerprint density at radius 2 is 1.15 bits per heavy atom. The second-order valence-corrected chi connectivity index (χ2v) is 4.78. The Hall–Kier alpha value is -2.54. The minimum atomic E-state index is -5.15. The lowest BCUT2D eigenvalue weighted by molar-refractivity contribution is -0.173. The van der Waals surface area contributed by atoms with Crippen LogP contribution in [-0.2, 0) is 19.2 Å². The first kappa shape index (κ1) is 23.5. The topological polar surface area (TPSA) is 116 Å². The van der Waals surface area contributed by atoms with Crippen LogP contribution >= 0.6 is 0 Å². The minimum absolute atomic E-state index is 0.526. The molecule has 0 saturated heterocycles. The Morgan fingerprint density at radius 1 is 0.769 bits per heavy atom. The summed E-state index contributed by atoms with van der Waals surface area (Å²) >= 11 is 0. The van der Waals surface area contributed by atoms with Gasteiger partial charge in [-0.15, -0.1) is 0 Å². The van der Waals surface area contributed by atoms with E-state index >= 15 is 0 Å². The van der Waals surface area contributed by atoms with Crippen molar-refractivity contribution in [3.05, 3.63) is 0 Å². The third kappa shape index (κ3) is 9.68. The van der Waals surface area contributed by atoms with Crippen molar-refractivity contribution >= 4 is 23.7 Å². The molecular formula is C12H15F6N3O5. The van der Waals surface area contributed by atoms with E-state index in [4.69, 9.17) is 5.11 Å². The number of carbonyl (C=O) groups is 4. The summed E-state index contributed by atoms with van der Waals surface area (Å²) in [5.74, 6) is -6.77. The highest BCUT2D eigenvalue weighted by Gasteiger charge is 2.39. The molecule has 0 bridgehead atoms. The predicted molar refractivity (Wildman–Crippen MR) is 71.6 cm³/mol. The molecule has 0 aromatic rings. The number of carboxylic acid groups (broad SMARTS) is 1. The number of alkyl halides is 6. The number of halogens is 6. The van der Waals surface area contributed by atoms with E-state index in [1.165, 1.54) is 10.6 Å². The number of amides is 3. The van der Waals surface area contributed by atoms with Crippen LogP contribution in [0.1, 0.15) is 12.8 Å². The highest BCUT2D eigenvalue weighted by molar-refractivity contribution is 5.83. The number of nitrogens with zero attached hydrogens (tertiary/aromatic N) is 1. The number of carbonyl (C=O) groups excluding carboxylic acids is 3. The van der Waals surface area contributed by atoms with Gasteiger partial charge in [0.2, 0.25) is 5.91 Å². The molecule has 3 amide bonds. The summed E-state index contributed by atoms with van der Waals surface area (Å²) in [6.07, 6.45) is -11.5. The molecule has 0 aliphatic rings. The molecule has 26 heavy (non-hydrogen) atoms. The molecule has 0 heterocycles. The molecule has 14 heteroatoms. The molecule has 0 fully saturated rings. The molecular weight excluding hydrogens is 380 g/mol. The molecule has 0 saturated carbocycles. The largest absolute Gasteiger partial charge is 0.481 e. The summed E-state index contributed by atoms with van der Waals surface area (Å²) in [4.78, 5) is 44.2. The third-order valence-electron chi connectivity index (χ3n) is 2.75. The van der Waals surface area contributed by atoms with Crippen LogP contribution in [0.4, 0.5) is 26.3 Å². The Bertz CT molecular complexity index is 502. The van der Waals surface area contributed by atoms with E-state index in [1.54, 1.807) is 0 Å². The average molecular weight is 395 g/mol. The van der Waals surface area contributed by atoms with Gasteiger partial charge in [0.1, 0.15) is 0 Å². The van der Waals surface area contributed by atoms with E-state index in [-0.39, 0.29) is 0 Å². The highest BCUT2D eigenvalue weighted by atomic mass is 19.4. The molecule has 0 atom stereocenters. The average Bonchev–Trinajstić information content (AvgIpc) is 2.48. The Labute approximate surface area is 142 Å². The summed E-state index contributed by atoms with van der Waals surface area (Å²) in [7, 11) is 0. The first-order valence-electron chi connectivity index (χ1n) is 6.94. The maximum absolute atomic E-state index is 12.0. The molecule has 0 radical (unpaired) electrons. The van der Waals surface area contributed by atoms with Gasteiger partial charge in [0, 0.05) is 32.6 Å². The molecule has 3 N–H and O–H groups in total. The quantitative estimate of drug-likeness (QED) is 0.477. The van der Waals surface area contributed by atoms with Gasteiger partial charge in [0.15, 0.2) is 0 Å². The minimum Gasteiger partial charge on any atom is -0.481 e. The normalized spacial score (nSPS) is 11.6. The van der Waals surface area contributed by atoms with E-state index in [1.807, 2.05) is 0 Å². The molecule has 0 rings (SSSR count). The van der Waals surface area contributed by atoms with Crippen LogP contribution in [0.2, 0.25) is 0 Å². The zero-order valence-corrected chi connectivity index (χ0v) is 13.0. The summed E-state index contributed by atoms with van der Waals surface area (Å²) < 4.78 is 72.2. The van der Waals surface area contributed by atoms with E-state index in [0.717, 1.165) is 4.90 Å².